The van der Waals surface area contributed by atoms with Crippen LogP contribution in [0, 0.1) is 0 Å². The fraction of sp³-hybridized carbons (Fsp3) is 0.462. The summed E-state index contributed by atoms with van der Waals surface area (Å²) in [6, 6.07) is 7.52. The van der Waals surface area contributed by atoms with Gasteiger partial charge in [-0.1, -0.05) is 19.1 Å². The van der Waals surface area contributed by atoms with Crippen molar-refractivity contribution in [2.24, 2.45) is 0 Å². The van der Waals surface area contributed by atoms with Gasteiger partial charge >= 0.3 is 0 Å². The maximum atomic E-state index is 11.2. The summed E-state index contributed by atoms with van der Waals surface area (Å²) in [6.45, 7) is 5.35. The van der Waals surface area contributed by atoms with E-state index in [0.717, 1.165) is 16.9 Å². The van der Waals surface area contributed by atoms with Gasteiger partial charge in [-0.3, -0.25) is 4.79 Å². The second-order valence-electron chi connectivity index (χ2n) is 4.22. The van der Waals surface area contributed by atoms with E-state index in [1.54, 1.807) is 18.7 Å². The molecule has 0 heterocycles. The molecule has 0 fully saturated rings. The van der Waals surface area contributed by atoms with E-state index < -0.39 is 5.60 Å². The Morgan fingerprint density at radius 1 is 1.50 bits per heavy atom. The van der Waals surface area contributed by atoms with E-state index in [9.17, 15) is 9.90 Å². The highest BCUT2D eigenvalue weighted by Crippen LogP contribution is 2.25. The molecule has 0 saturated carbocycles. The molecule has 0 aliphatic carbocycles. The van der Waals surface area contributed by atoms with Gasteiger partial charge in [-0.2, -0.15) is 0 Å². The number of rotatable bonds is 5. The lowest BCUT2D eigenvalue weighted by Gasteiger charge is -2.20. The predicted molar refractivity (Wildman–Crippen MR) is 68.1 cm³/mol. The van der Waals surface area contributed by atoms with Crippen LogP contribution in [0.15, 0.2) is 29.2 Å². The zero-order valence-corrected chi connectivity index (χ0v) is 10.8. The maximum Gasteiger partial charge on any atom is 0.159 e. The molecule has 0 spiro atoms. The molecule has 0 amide bonds. The summed E-state index contributed by atoms with van der Waals surface area (Å²) in [6.07, 6.45) is 0.729. The normalized spacial score (nSPS) is 14.5. The van der Waals surface area contributed by atoms with Gasteiger partial charge in [0.25, 0.3) is 0 Å². The summed E-state index contributed by atoms with van der Waals surface area (Å²) < 4.78 is 0. The number of Topliss-reactive ketones (excluding diaryl/α,β-unsaturated/α-hetero) is 1. The Kier molecular flexibility index (Phi) is 4.56. The van der Waals surface area contributed by atoms with Gasteiger partial charge in [0.15, 0.2) is 5.78 Å². The third kappa shape index (κ3) is 3.99. The van der Waals surface area contributed by atoms with E-state index in [0.29, 0.717) is 5.75 Å². The minimum atomic E-state index is -0.642. The van der Waals surface area contributed by atoms with Crippen LogP contribution in [-0.4, -0.2) is 22.2 Å². The Hall–Kier alpha value is -0.800. The minimum Gasteiger partial charge on any atom is -0.389 e. The number of ketones is 1. The zero-order chi connectivity index (χ0) is 12.2. The van der Waals surface area contributed by atoms with Crippen molar-refractivity contribution in [3.63, 3.8) is 0 Å². The molecule has 0 aromatic heterocycles. The second kappa shape index (κ2) is 5.51. The lowest BCUT2D eigenvalue weighted by atomic mass is 10.1. The number of hydrogen-bond donors (Lipinski definition) is 1. The first-order chi connectivity index (χ1) is 7.44. The lowest BCUT2D eigenvalue weighted by molar-refractivity contribution is 0.0816. The van der Waals surface area contributed by atoms with Crippen LogP contribution in [0.3, 0.4) is 0 Å². The first-order valence-electron chi connectivity index (χ1n) is 5.41. The van der Waals surface area contributed by atoms with Crippen molar-refractivity contribution in [1.29, 1.82) is 0 Å². The average Bonchev–Trinajstić information content (AvgIpc) is 2.27. The third-order valence-electron chi connectivity index (χ3n) is 2.55. The van der Waals surface area contributed by atoms with Crippen molar-refractivity contribution in [2.45, 2.75) is 37.7 Å². The largest absolute Gasteiger partial charge is 0.389 e. The molecule has 2 nitrogen and oxygen atoms in total. The molecule has 88 valence electrons. The predicted octanol–water partition coefficient (Wildman–Crippen LogP) is 3.14. The van der Waals surface area contributed by atoms with Crippen LogP contribution in [0.25, 0.3) is 0 Å². The summed E-state index contributed by atoms with van der Waals surface area (Å²) in [5.74, 6) is 0.718. The Labute approximate surface area is 101 Å². The van der Waals surface area contributed by atoms with Crippen LogP contribution < -0.4 is 0 Å². The molecule has 16 heavy (non-hydrogen) atoms. The van der Waals surface area contributed by atoms with E-state index in [1.807, 2.05) is 38.1 Å². The minimum absolute atomic E-state index is 0.0738. The first kappa shape index (κ1) is 13.3. The van der Waals surface area contributed by atoms with Crippen LogP contribution >= 0.6 is 11.8 Å². The molecule has 1 unspecified atom stereocenters. The van der Waals surface area contributed by atoms with Gasteiger partial charge in [0.05, 0.1) is 5.60 Å². The van der Waals surface area contributed by atoms with Gasteiger partial charge < -0.3 is 5.11 Å². The molecule has 1 N–H and O–H groups in total. The summed E-state index contributed by atoms with van der Waals surface area (Å²) >= 11 is 1.58. The van der Waals surface area contributed by atoms with Crippen LogP contribution in [0.4, 0.5) is 0 Å². The quantitative estimate of drug-likeness (QED) is 0.632. The summed E-state index contributed by atoms with van der Waals surface area (Å²) in [4.78, 5) is 12.2. The second-order valence-corrected chi connectivity index (χ2v) is 5.27. The van der Waals surface area contributed by atoms with E-state index in [2.05, 4.69) is 0 Å². The fourth-order valence-corrected chi connectivity index (χ4v) is 2.21. The Balaban J connectivity index is 2.68. The number of benzene rings is 1. The molecule has 0 radical (unpaired) electrons. The number of carbonyl (C=O) groups excluding carboxylic acids is 1. The van der Waals surface area contributed by atoms with Gasteiger partial charge in [-0.05, 0) is 32.4 Å². The molecule has 3 heteroatoms. The van der Waals surface area contributed by atoms with Crippen molar-refractivity contribution >= 4 is 17.5 Å². The van der Waals surface area contributed by atoms with Gasteiger partial charge in [-0.25, -0.2) is 0 Å². The van der Waals surface area contributed by atoms with Crippen LogP contribution in [-0.2, 0) is 0 Å². The zero-order valence-electron chi connectivity index (χ0n) is 9.99. The topological polar surface area (TPSA) is 37.3 Å². The third-order valence-corrected chi connectivity index (χ3v) is 3.91. The molecular weight excluding hydrogens is 220 g/mol. The molecule has 0 aliphatic heterocycles. The average molecular weight is 238 g/mol. The summed E-state index contributed by atoms with van der Waals surface area (Å²) in [5.41, 5.74) is 0.0813. The SMILES string of the molecule is CCC(C)(O)CSc1cccc(C(C)=O)c1. The summed E-state index contributed by atoms with van der Waals surface area (Å²) in [7, 11) is 0. The lowest BCUT2D eigenvalue weighted by Crippen LogP contribution is -2.25. The number of aliphatic hydroxyl groups is 1. The molecule has 1 aromatic carbocycles. The van der Waals surface area contributed by atoms with Gasteiger partial charge in [0.2, 0.25) is 0 Å². The Morgan fingerprint density at radius 2 is 2.19 bits per heavy atom. The van der Waals surface area contributed by atoms with Gasteiger partial charge in [0, 0.05) is 16.2 Å². The number of hydrogen-bond acceptors (Lipinski definition) is 3. The number of thioether (sulfide) groups is 1. The van der Waals surface area contributed by atoms with E-state index >= 15 is 0 Å². The van der Waals surface area contributed by atoms with Crippen molar-refractivity contribution in [1.82, 2.24) is 0 Å². The molecular formula is C13H18O2S. The smallest absolute Gasteiger partial charge is 0.159 e. The van der Waals surface area contributed by atoms with Crippen molar-refractivity contribution in [3.05, 3.63) is 29.8 Å². The van der Waals surface area contributed by atoms with Crippen molar-refractivity contribution in [2.75, 3.05) is 5.75 Å². The highest BCUT2D eigenvalue weighted by Gasteiger charge is 2.17. The molecule has 1 aromatic rings. The molecule has 1 atom stereocenters. The van der Waals surface area contributed by atoms with E-state index in [1.165, 1.54) is 0 Å². The van der Waals surface area contributed by atoms with Crippen LogP contribution in [0.2, 0.25) is 0 Å². The Bertz CT molecular complexity index is 372. The van der Waals surface area contributed by atoms with Gasteiger partial charge in [-0.15, -0.1) is 11.8 Å². The van der Waals surface area contributed by atoms with Gasteiger partial charge in [0.1, 0.15) is 0 Å². The van der Waals surface area contributed by atoms with Crippen LogP contribution in [0.1, 0.15) is 37.6 Å². The monoisotopic (exact) mass is 238 g/mol. The molecule has 0 bridgehead atoms. The summed E-state index contributed by atoms with van der Waals surface area (Å²) in [5, 5.41) is 9.88. The van der Waals surface area contributed by atoms with Crippen molar-refractivity contribution < 1.29 is 9.90 Å². The maximum absolute atomic E-state index is 11.2. The molecule has 1 rings (SSSR count). The first-order valence-corrected chi connectivity index (χ1v) is 6.39. The van der Waals surface area contributed by atoms with E-state index in [4.69, 9.17) is 0 Å². The fourth-order valence-electron chi connectivity index (χ4n) is 1.15. The van der Waals surface area contributed by atoms with E-state index in [-0.39, 0.29) is 5.78 Å². The molecule has 0 aliphatic rings. The van der Waals surface area contributed by atoms with Crippen LogP contribution in [0.5, 0.6) is 0 Å². The highest BCUT2D eigenvalue weighted by molar-refractivity contribution is 7.99. The Morgan fingerprint density at radius 3 is 2.75 bits per heavy atom. The molecule has 0 saturated heterocycles. The standard InChI is InChI=1S/C13H18O2S/c1-4-13(3,15)9-16-12-7-5-6-11(8-12)10(2)14/h5-8,15H,4,9H2,1-3H3. The highest BCUT2D eigenvalue weighted by atomic mass is 32.2. The van der Waals surface area contributed by atoms with Crippen molar-refractivity contribution in [3.8, 4) is 0 Å². The number of carbonyl (C=O) groups is 1.